The first-order valence-corrected chi connectivity index (χ1v) is 21.9. The summed E-state index contributed by atoms with van der Waals surface area (Å²) < 4.78 is 0. The molecule has 3 atom stereocenters. The van der Waals surface area contributed by atoms with Gasteiger partial charge in [-0.25, -0.2) is 0 Å². The Morgan fingerprint density at radius 3 is 1.41 bits per heavy atom. The van der Waals surface area contributed by atoms with E-state index in [4.69, 9.17) is 0 Å². The summed E-state index contributed by atoms with van der Waals surface area (Å²) in [6, 6.07) is -0.832. The van der Waals surface area contributed by atoms with Crippen molar-refractivity contribution in [2.75, 3.05) is 6.61 Å². The molecule has 0 fully saturated rings. The summed E-state index contributed by atoms with van der Waals surface area (Å²) in [4.78, 5) is 12.4. The van der Waals surface area contributed by atoms with Gasteiger partial charge in [0.05, 0.1) is 18.8 Å². The number of nitrogens with one attached hydrogen (secondary N) is 1. The third-order valence-electron chi connectivity index (χ3n) is 9.89. The van der Waals surface area contributed by atoms with Crippen molar-refractivity contribution in [3.05, 3.63) is 48.6 Å². The number of rotatable bonds is 39. The zero-order chi connectivity index (χ0) is 37.3. The van der Waals surface area contributed by atoms with E-state index in [0.717, 1.165) is 57.8 Å². The van der Waals surface area contributed by atoms with Crippen molar-refractivity contribution < 1.29 is 20.1 Å². The number of unbranched alkanes of at least 4 members (excludes halogenated alkanes) is 23. The Bertz CT molecular complexity index is 835. The summed E-state index contributed by atoms with van der Waals surface area (Å²) in [5.41, 5.74) is 0. The van der Waals surface area contributed by atoms with Crippen LogP contribution in [-0.4, -0.2) is 46.1 Å². The van der Waals surface area contributed by atoms with Crippen LogP contribution in [0, 0.1) is 0 Å². The third-order valence-corrected chi connectivity index (χ3v) is 9.89. The maximum absolute atomic E-state index is 12.4. The van der Waals surface area contributed by atoms with Crippen molar-refractivity contribution in [2.24, 2.45) is 0 Å². The molecular formula is C46H85NO4. The molecule has 0 saturated heterocycles. The van der Waals surface area contributed by atoms with Gasteiger partial charge in [-0.1, -0.05) is 178 Å². The molecule has 0 aliphatic carbocycles. The van der Waals surface area contributed by atoms with Crippen LogP contribution < -0.4 is 5.32 Å². The van der Waals surface area contributed by atoms with Crippen LogP contribution in [0.2, 0.25) is 0 Å². The quantitative estimate of drug-likeness (QED) is 0.0377. The second-order valence-corrected chi connectivity index (χ2v) is 14.9. The van der Waals surface area contributed by atoms with Crippen molar-refractivity contribution in [2.45, 2.75) is 231 Å². The van der Waals surface area contributed by atoms with Gasteiger partial charge in [-0.2, -0.15) is 0 Å². The number of aliphatic hydroxyl groups excluding tert-OH is 3. The molecule has 5 nitrogen and oxygen atoms in total. The number of carbonyl (C=O) groups excluding carboxylic acids is 1. The Morgan fingerprint density at radius 1 is 0.510 bits per heavy atom. The van der Waals surface area contributed by atoms with Crippen LogP contribution in [0.5, 0.6) is 0 Å². The molecule has 5 heteroatoms. The van der Waals surface area contributed by atoms with Crippen LogP contribution in [0.25, 0.3) is 0 Å². The second-order valence-electron chi connectivity index (χ2n) is 14.9. The predicted molar refractivity (Wildman–Crippen MR) is 222 cm³/mol. The van der Waals surface area contributed by atoms with Crippen LogP contribution in [0.3, 0.4) is 0 Å². The summed E-state index contributed by atoms with van der Waals surface area (Å²) in [7, 11) is 0. The molecule has 0 aromatic rings. The number of allylic oxidation sites excluding steroid dienone is 8. The van der Waals surface area contributed by atoms with Gasteiger partial charge in [-0.05, 0) is 77.0 Å². The van der Waals surface area contributed by atoms with Crippen LogP contribution in [0.4, 0.5) is 0 Å². The van der Waals surface area contributed by atoms with Crippen LogP contribution in [0.15, 0.2) is 48.6 Å². The number of hydrogen-bond acceptors (Lipinski definition) is 4. The number of hydrogen-bond donors (Lipinski definition) is 4. The maximum Gasteiger partial charge on any atom is 0.220 e. The summed E-state index contributed by atoms with van der Waals surface area (Å²) in [5.74, 6) is -0.160. The molecule has 0 heterocycles. The normalized spacial score (nSPS) is 14.1. The van der Waals surface area contributed by atoms with Crippen molar-refractivity contribution in [1.29, 1.82) is 0 Å². The van der Waals surface area contributed by atoms with Crippen LogP contribution in [-0.2, 0) is 4.79 Å². The highest BCUT2D eigenvalue weighted by Gasteiger charge is 2.26. The Morgan fingerprint density at radius 2 is 0.922 bits per heavy atom. The molecule has 0 radical (unpaired) electrons. The zero-order valence-electron chi connectivity index (χ0n) is 33.7. The topological polar surface area (TPSA) is 89.8 Å². The Kier molecular flexibility index (Phi) is 39.7. The molecule has 0 aliphatic rings. The van der Waals surface area contributed by atoms with Gasteiger partial charge in [0.15, 0.2) is 0 Å². The average Bonchev–Trinajstić information content (AvgIpc) is 3.13. The summed E-state index contributed by atoms with van der Waals surface area (Å²) in [6.45, 7) is 4.05. The highest BCUT2D eigenvalue weighted by atomic mass is 16.3. The summed E-state index contributed by atoms with van der Waals surface area (Å²) in [6.07, 6.45) is 52.2. The third kappa shape index (κ3) is 36.5. The smallest absolute Gasteiger partial charge is 0.220 e. The maximum atomic E-state index is 12.4. The first-order chi connectivity index (χ1) is 25.1. The minimum atomic E-state index is -1.17. The monoisotopic (exact) mass is 716 g/mol. The van der Waals surface area contributed by atoms with Gasteiger partial charge < -0.3 is 20.6 Å². The fourth-order valence-electron chi connectivity index (χ4n) is 6.51. The summed E-state index contributed by atoms with van der Waals surface area (Å²) in [5, 5.41) is 33.5. The Balaban J connectivity index is 3.67. The van der Waals surface area contributed by atoms with Gasteiger partial charge >= 0.3 is 0 Å². The molecule has 0 saturated carbocycles. The Hall–Kier alpha value is -1.69. The molecule has 0 spiro atoms. The molecular weight excluding hydrogens is 631 g/mol. The van der Waals surface area contributed by atoms with E-state index in [1.807, 2.05) is 0 Å². The fourth-order valence-corrected chi connectivity index (χ4v) is 6.51. The van der Waals surface area contributed by atoms with Gasteiger partial charge in [0, 0.05) is 6.42 Å². The highest BCUT2D eigenvalue weighted by molar-refractivity contribution is 5.76. The first kappa shape index (κ1) is 49.3. The van der Waals surface area contributed by atoms with E-state index in [9.17, 15) is 20.1 Å². The molecule has 0 bridgehead atoms. The van der Waals surface area contributed by atoms with Gasteiger partial charge in [0.1, 0.15) is 6.10 Å². The number of carbonyl (C=O) groups is 1. The van der Waals surface area contributed by atoms with E-state index in [2.05, 4.69) is 67.8 Å². The van der Waals surface area contributed by atoms with E-state index >= 15 is 0 Å². The van der Waals surface area contributed by atoms with E-state index in [-0.39, 0.29) is 12.5 Å². The fraction of sp³-hybridized carbons (Fsp3) is 0.804. The van der Waals surface area contributed by atoms with Crippen molar-refractivity contribution in [1.82, 2.24) is 5.32 Å². The standard InChI is InChI=1S/C46H85NO4/c1-3-5-7-9-11-13-15-17-19-21-22-23-24-25-27-29-31-33-35-37-39-41-45(50)47-43(42-48)46(51)44(49)40-38-36-34-32-30-28-26-20-18-16-14-12-10-8-6-4-2/h5,7,11,13,20,26,32,34,43-44,46,48-49,51H,3-4,6,8-10,12,14-19,21-25,27-31,33,35-42H2,1-2H3,(H,47,50)/b7-5-,13-11-,26-20+,34-32+. The molecule has 1 amide bonds. The average molecular weight is 716 g/mol. The van der Waals surface area contributed by atoms with Gasteiger partial charge in [0.2, 0.25) is 5.91 Å². The van der Waals surface area contributed by atoms with Gasteiger partial charge in [-0.15, -0.1) is 0 Å². The molecule has 0 rings (SSSR count). The first-order valence-electron chi connectivity index (χ1n) is 21.9. The lowest BCUT2D eigenvalue weighted by molar-refractivity contribution is -0.124. The lowest BCUT2D eigenvalue weighted by Crippen LogP contribution is -2.50. The molecule has 4 N–H and O–H groups in total. The predicted octanol–water partition coefficient (Wildman–Crippen LogP) is 12.5. The molecule has 51 heavy (non-hydrogen) atoms. The molecule has 298 valence electrons. The minimum absolute atomic E-state index is 0.160. The highest BCUT2D eigenvalue weighted by Crippen LogP contribution is 2.15. The van der Waals surface area contributed by atoms with Crippen molar-refractivity contribution in [3.8, 4) is 0 Å². The number of aliphatic hydroxyl groups is 3. The van der Waals surface area contributed by atoms with Gasteiger partial charge in [0.25, 0.3) is 0 Å². The van der Waals surface area contributed by atoms with E-state index in [1.165, 1.54) is 128 Å². The lowest BCUT2D eigenvalue weighted by atomic mass is 10.0. The number of amides is 1. The van der Waals surface area contributed by atoms with E-state index in [1.54, 1.807) is 0 Å². The largest absolute Gasteiger partial charge is 0.394 e. The molecule has 3 unspecified atom stereocenters. The van der Waals surface area contributed by atoms with Crippen molar-refractivity contribution >= 4 is 5.91 Å². The van der Waals surface area contributed by atoms with Crippen LogP contribution >= 0.6 is 0 Å². The molecule has 0 aromatic carbocycles. The minimum Gasteiger partial charge on any atom is -0.394 e. The molecule has 0 aromatic heterocycles. The lowest BCUT2D eigenvalue weighted by Gasteiger charge is -2.26. The second kappa shape index (κ2) is 41.1. The Labute approximate surface area is 316 Å². The van der Waals surface area contributed by atoms with Crippen molar-refractivity contribution in [3.63, 3.8) is 0 Å². The van der Waals surface area contributed by atoms with Crippen LogP contribution in [0.1, 0.15) is 213 Å². The zero-order valence-corrected chi connectivity index (χ0v) is 33.7. The SMILES string of the molecule is CC/C=C\C/C=C\CCCCCCCCCCCCCCCCC(=O)NC(CO)C(O)C(O)CCC/C=C/CC/C=C/CCCCCCCCC. The van der Waals surface area contributed by atoms with E-state index < -0.39 is 18.2 Å². The molecule has 0 aliphatic heterocycles. The van der Waals surface area contributed by atoms with E-state index in [0.29, 0.717) is 12.8 Å². The van der Waals surface area contributed by atoms with Gasteiger partial charge in [-0.3, -0.25) is 4.79 Å². The summed E-state index contributed by atoms with van der Waals surface area (Å²) >= 11 is 0.